The van der Waals surface area contributed by atoms with Gasteiger partial charge in [0.25, 0.3) is 5.91 Å². The van der Waals surface area contributed by atoms with Gasteiger partial charge in [-0.3, -0.25) is 4.79 Å². The van der Waals surface area contributed by atoms with Gasteiger partial charge in [-0.25, -0.2) is 9.18 Å². The van der Waals surface area contributed by atoms with Crippen LogP contribution in [0.25, 0.3) is 0 Å². The van der Waals surface area contributed by atoms with Crippen LogP contribution in [0.15, 0.2) is 40.9 Å². The average Bonchev–Trinajstić information content (AvgIpc) is 2.41. The predicted octanol–water partition coefficient (Wildman–Crippen LogP) is 4.19. The molecule has 2 rings (SSSR count). The number of rotatable bonds is 3. The number of carbonyl (C=O) groups is 2. The molecule has 0 aliphatic heterocycles. The van der Waals surface area contributed by atoms with Crippen molar-refractivity contribution in [2.24, 2.45) is 0 Å². The highest BCUT2D eigenvalue weighted by atomic mass is 79.9. The Morgan fingerprint density at radius 1 is 1.14 bits per heavy atom. The normalized spacial score (nSPS) is 10.2. The second-order valence-electron chi connectivity index (χ2n) is 4.08. The second kappa shape index (κ2) is 6.24. The minimum absolute atomic E-state index is 0.0185. The number of nitrogens with one attached hydrogen (secondary N) is 1. The quantitative estimate of drug-likeness (QED) is 0.849. The molecule has 2 aromatic carbocycles. The third kappa shape index (κ3) is 3.59. The number of amides is 1. The first-order valence-electron chi connectivity index (χ1n) is 5.67. The van der Waals surface area contributed by atoms with Crippen LogP contribution in [0.1, 0.15) is 20.7 Å². The Kier molecular flexibility index (Phi) is 4.59. The van der Waals surface area contributed by atoms with Gasteiger partial charge in [-0.2, -0.15) is 0 Å². The van der Waals surface area contributed by atoms with Crippen LogP contribution < -0.4 is 5.32 Å². The van der Waals surface area contributed by atoms with E-state index in [0.29, 0.717) is 4.47 Å². The van der Waals surface area contributed by atoms with E-state index in [-0.39, 0.29) is 21.8 Å². The standard InChI is InChI=1S/C14H8BrClFNO3/c15-7-1-4-12(17)10(5-7)13(19)18-8-2-3-9(14(20)21)11(16)6-8/h1-6H,(H,18,19)(H,20,21). The fourth-order valence-electron chi connectivity index (χ4n) is 1.64. The Bertz CT molecular complexity index is 736. The summed E-state index contributed by atoms with van der Waals surface area (Å²) in [5.74, 6) is -2.49. The van der Waals surface area contributed by atoms with Crippen molar-refractivity contribution in [1.82, 2.24) is 0 Å². The Morgan fingerprint density at radius 3 is 2.48 bits per heavy atom. The highest BCUT2D eigenvalue weighted by molar-refractivity contribution is 9.10. The number of carbonyl (C=O) groups excluding carboxylic acids is 1. The Hall–Kier alpha value is -1.92. The molecule has 0 saturated heterocycles. The molecule has 0 unspecified atom stereocenters. The van der Waals surface area contributed by atoms with Crippen molar-refractivity contribution >= 4 is 45.1 Å². The van der Waals surface area contributed by atoms with E-state index >= 15 is 0 Å². The fourth-order valence-corrected chi connectivity index (χ4v) is 2.26. The number of aromatic carboxylic acids is 1. The van der Waals surface area contributed by atoms with E-state index in [1.807, 2.05) is 0 Å². The topological polar surface area (TPSA) is 66.4 Å². The first-order chi connectivity index (χ1) is 9.88. The van der Waals surface area contributed by atoms with Crippen molar-refractivity contribution in [2.75, 3.05) is 5.32 Å². The molecule has 2 N–H and O–H groups in total. The van der Waals surface area contributed by atoms with Crippen molar-refractivity contribution in [3.8, 4) is 0 Å². The van der Waals surface area contributed by atoms with E-state index in [1.54, 1.807) is 0 Å². The molecule has 4 nitrogen and oxygen atoms in total. The van der Waals surface area contributed by atoms with Gasteiger partial charge in [-0.1, -0.05) is 27.5 Å². The zero-order valence-corrected chi connectivity index (χ0v) is 12.7. The van der Waals surface area contributed by atoms with Crippen LogP contribution in [0.2, 0.25) is 5.02 Å². The monoisotopic (exact) mass is 371 g/mol. The summed E-state index contributed by atoms with van der Waals surface area (Å²) in [7, 11) is 0. The van der Waals surface area contributed by atoms with Crippen LogP contribution in [-0.4, -0.2) is 17.0 Å². The van der Waals surface area contributed by atoms with Gasteiger partial charge in [-0.05, 0) is 36.4 Å². The molecular weight excluding hydrogens is 365 g/mol. The summed E-state index contributed by atoms with van der Waals surface area (Å²) >= 11 is 8.95. The molecule has 0 bridgehead atoms. The number of carboxylic acid groups (broad SMARTS) is 1. The van der Waals surface area contributed by atoms with Crippen LogP contribution in [0.5, 0.6) is 0 Å². The van der Waals surface area contributed by atoms with E-state index in [4.69, 9.17) is 16.7 Å². The Labute approximate surface area is 132 Å². The van der Waals surface area contributed by atoms with Gasteiger partial charge in [0.2, 0.25) is 0 Å². The lowest BCUT2D eigenvalue weighted by molar-refractivity contribution is 0.0697. The number of anilines is 1. The predicted molar refractivity (Wildman–Crippen MR) is 80.5 cm³/mol. The molecule has 0 fully saturated rings. The molecule has 108 valence electrons. The highest BCUT2D eigenvalue weighted by Gasteiger charge is 2.14. The van der Waals surface area contributed by atoms with E-state index in [0.717, 1.165) is 0 Å². The first-order valence-corrected chi connectivity index (χ1v) is 6.85. The molecule has 0 heterocycles. The lowest BCUT2D eigenvalue weighted by Gasteiger charge is -2.08. The summed E-state index contributed by atoms with van der Waals surface area (Å²) in [5, 5.41) is 11.3. The van der Waals surface area contributed by atoms with Crippen LogP contribution in [0.3, 0.4) is 0 Å². The van der Waals surface area contributed by atoms with Crippen LogP contribution >= 0.6 is 27.5 Å². The number of benzene rings is 2. The summed E-state index contributed by atoms with van der Waals surface area (Å²) in [6.45, 7) is 0. The van der Waals surface area contributed by atoms with E-state index < -0.39 is 17.7 Å². The maximum Gasteiger partial charge on any atom is 0.337 e. The summed E-state index contributed by atoms with van der Waals surface area (Å²) in [6.07, 6.45) is 0. The molecule has 0 aromatic heterocycles. The van der Waals surface area contributed by atoms with Gasteiger partial charge < -0.3 is 10.4 Å². The van der Waals surface area contributed by atoms with Crippen molar-refractivity contribution in [1.29, 1.82) is 0 Å². The first kappa shape index (κ1) is 15.5. The van der Waals surface area contributed by atoms with Gasteiger partial charge in [0.15, 0.2) is 0 Å². The van der Waals surface area contributed by atoms with Crippen molar-refractivity contribution < 1.29 is 19.1 Å². The minimum Gasteiger partial charge on any atom is -0.478 e. The molecular formula is C14H8BrClFNO3. The molecule has 0 atom stereocenters. The number of carboxylic acids is 1. The zero-order chi connectivity index (χ0) is 15.6. The summed E-state index contributed by atoms with van der Waals surface area (Å²) < 4.78 is 14.1. The van der Waals surface area contributed by atoms with Crippen LogP contribution in [-0.2, 0) is 0 Å². The molecule has 0 aliphatic rings. The zero-order valence-electron chi connectivity index (χ0n) is 10.4. The van der Waals surface area contributed by atoms with Crippen LogP contribution in [0.4, 0.5) is 10.1 Å². The number of halogens is 3. The number of hydrogen-bond donors (Lipinski definition) is 2. The summed E-state index contributed by atoms with van der Waals surface area (Å²) in [6, 6.07) is 7.92. The Morgan fingerprint density at radius 2 is 1.86 bits per heavy atom. The molecule has 0 saturated carbocycles. The molecule has 1 amide bonds. The lowest BCUT2D eigenvalue weighted by Crippen LogP contribution is -2.14. The fraction of sp³-hybridized carbons (Fsp3) is 0. The van der Waals surface area contributed by atoms with Crippen molar-refractivity contribution in [3.05, 3.63) is 62.8 Å². The van der Waals surface area contributed by atoms with Crippen molar-refractivity contribution in [3.63, 3.8) is 0 Å². The number of hydrogen-bond acceptors (Lipinski definition) is 2. The van der Waals surface area contributed by atoms with Gasteiger partial charge in [0.05, 0.1) is 16.1 Å². The molecule has 0 aliphatic carbocycles. The van der Waals surface area contributed by atoms with E-state index in [1.165, 1.54) is 36.4 Å². The Balaban J connectivity index is 2.26. The van der Waals surface area contributed by atoms with E-state index in [2.05, 4.69) is 21.2 Å². The highest BCUT2D eigenvalue weighted by Crippen LogP contribution is 2.22. The third-order valence-electron chi connectivity index (χ3n) is 2.63. The average molecular weight is 373 g/mol. The molecule has 0 radical (unpaired) electrons. The van der Waals surface area contributed by atoms with Gasteiger partial charge in [0.1, 0.15) is 5.82 Å². The summed E-state index contributed by atoms with van der Waals surface area (Å²) in [4.78, 5) is 22.8. The van der Waals surface area contributed by atoms with E-state index in [9.17, 15) is 14.0 Å². The minimum atomic E-state index is -1.17. The van der Waals surface area contributed by atoms with Gasteiger partial charge in [-0.15, -0.1) is 0 Å². The summed E-state index contributed by atoms with van der Waals surface area (Å²) in [5.41, 5.74) is 0.0560. The molecule has 21 heavy (non-hydrogen) atoms. The molecule has 0 spiro atoms. The SMILES string of the molecule is O=C(Nc1ccc(C(=O)O)c(Cl)c1)c1cc(Br)ccc1F. The smallest absolute Gasteiger partial charge is 0.337 e. The second-order valence-corrected chi connectivity index (χ2v) is 5.40. The third-order valence-corrected chi connectivity index (χ3v) is 3.44. The maximum absolute atomic E-state index is 13.6. The van der Waals surface area contributed by atoms with Gasteiger partial charge >= 0.3 is 5.97 Å². The lowest BCUT2D eigenvalue weighted by atomic mass is 10.1. The maximum atomic E-state index is 13.6. The largest absolute Gasteiger partial charge is 0.478 e. The van der Waals surface area contributed by atoms with Crippen LogP contribution in [0, 0.1) is 5.82 Å². The molecule has 2 aromatic rings. The van der Waals surface area contributed by atoms with Crippen molar-refractivity contribution in [2.45, 2.75) is 0 Å². The molecule has 7 heteroatoms. The van der Waals surface area contributed by atoms with Gasteiger partial charge in [0, 0.05) is 10.2 Å².